The van der Waals surface area contributed by atoms with Gasteiger partial charge in [-0.25, -0.2) is 0 Å². The fraction of sp³-hybridized carbons (Fsp3) is 0.167. The van der Waals surface area contributed by atoms with Crippen LogP contribution >= 0.6 is 11.8 Å². The van der Waals surface area contributed by atoms with Gasteiger partial charge in [-0.15, -0.1) is 0 Å². The summed E-state index contributed by atoms with van der Waals surface area (Å²) in [6, 6.07) is 7.99. The third-order valence-corrected chi connectivity index (χ3v) is 2.54. The number of thioether (sulfide) groups is 1. The second-order valence-electron chi connectivity index (χ2n) is 2.63. The van der Waals surface area contributed by atoms with Crippen LogP contribution in [0.25, 0.3) is 0 Å². The van der Waals surface area contributed by atoms with Crippen LogP contribution in [-0.4, -0.2) is 6.61 Å². The molecule has 1 nitrogen and oxygen atoms in total. The Labute approximate surface area is 89.5 Å². The van der Waals surface area contributed by atoms with Crippen LogP contribution in [0.2, 0.25) is 0 Å². The van der Waals surface area contributed by atoms with Crippen molar-refractivity contribution in [2.75, 3.05) is 6.61 Å². The number of para-hydroxylation sites is 1. The first-order valence-electron chi connectivity index (χ1n) is 4.49. The van der Waals surface area contributed by atoms with Crippen molar-refractivity contribution < 1.29 is 4.74 Å². The van der Waals surface area contributed by atoms with Crippen molar-refractivity contribution in [3.63, 3.8) is 0 Å². The first-order chi connectivity index (χ1) is 6.88. The summed E-state index contributed by atoms with van der Waals surface area (Å²) in [7, 11) is 0. The predicted molar refractivity (Wildman–Crippen MR) is 62.8 cm³/mol. The zero-order valence-electron chi connectivity index (χ0n) is 8.27. The van der Waals surface area contributed by atoms with Gasteiger partial charge in [0.15, 0.2) is 0 Å². The van der Waals surface area contributed by atoms with E-state index in [1.165, 1.54) is 0 Å². The summed E-state index contributed by atoms with van der Waals surface area (Å²) in [6.45, 7) is 6.17. The van der Waals surface area contributed by atoms with Crippen molar-refractivity contribution in [2.24, 2.45) is 0 Å². The molecular formula is C12H14OS. The van der Waals surface area contributed by atoms with Gasteiger partial charge in [0.2, 0.25) is 0 Å². The van der Waals surface area contributed by atoms with Crippen LogP contribution in [0.4, 0.5) is 0 Å². The maximum atomic E-state index is 5.51. The highest BCUT2D eigenvalue weighted by Gasteiger charge is 1.99. The monoisotopic (exact) mass is 206 g/mol. The minimum Gasteiger partial charge on any atom is -0.488 e. The van der Waals surface area contributed by atoms with Crippen LogP contribution in [0.5, 0.6) is 5.75 Å². The first-order valence-corrected chi connectivity index (χ1v) is 5.37. The van der Waals surface area contributed by atoms with E-state index >= 15 is 0 Å². The molecule has 1 rings (SSSR count). The number of allylic oxidation sites excluding steroid dienone is 1. The van der Waals surface area contributed by atoms with E-state index < -0.39 is 0 Å². The van der Waals surface area contributed by atoms with E-state index in [1.807, 2.05) is 42.7 Å². The lowest BCUT2D eigenvalue weighted by molar-refractivity contribution is 0.355. The lowest BCUT2D eigenvalue weighted by Gasteiger charge is -2.07. The molecule has 0 radical (unpaired) electrons. The van der Waals surface area contributed by atoms with E-state index in [4.69, 9.17) is 4.74 Å². The fourth-order valence-electron chi connectivity index (χ4n) is 0.957. The molecule has 0 spiro atoms. The Morgan fingerprint density at radius 1 is 1.43 bits per heavy atom. The number of ether oxygens (including phenoxy) is 1. The standard InChI is InChI=1S/C12H14OS/c1-3-9-13-11-7-5-6-8-12(11)14-10-4-2/h3-8,10H,1,9H2,2H3. The molecule has 0 bridgehead atoms. The molecule has 14 heavy (non-hydrogen) atoms. The Hall–Kier alpha value is -1.15. The number of hydrogen-bond acceptors (Lipinski definition) is 2. The highest BCUT2D eigenvalue weighted by atomic mass is 32.2. The molecule has 1 aromatic carbocycles. The zero-order valence-corrected chi connectivity index (χ0v) is 9.09. The molecule has 0 fully saturated rings. The smallest absolute Gasteiger partial charge is 0.133 e. The second-order valence-corrected chi connectivity index (χ2v) is 3.58. The molecule has 0 aliphatic rings. The molecule has 0 heterocycles. The summed E-state index contributed by atoms with van der Waals surface area (Å²) in [5, 5.41) is 2.04. The van der Waals surface area contributed by atoms with Gasteiger partial charge in [-0.1, -0.05) is 42.6 Å². The van der Waals surface area contributed by atoms with Crippen LogP contribution in [0.3, 0.4) is 0 Å². The van der Waals surface area contributed by atoms with Gasteiger partial charge >= 0.3 is 0 Å². The van der Waals surface area contributed by atoms with Crippen LogP contribution in [0.15, 0.2) is 53.3 Å². The average Bonchev–Trinajstić information content (AvgIpc) is 2.24. The largest absolute Gasteiger partial charge is 0.488 e. The highest BCUT2D eigenvalue weighted by Crippen LogP contribution is 2.29. The van der Waals surface area contributed by atoms with Crippen molar-refractivity contribution in [1.82, 2.24) is 0 Å². The third kappa shape index (κ3) is 3.30. The van der Waals surface area contributed by atoms with E-state index in [0.29, 0.717) is 6.61 Å². The predicted octanol–water partition coefficient (Wildman–Crippen LogP) is 3.88. The fourth-order valence-corrected chi connectivity index (χ4v) is 1.64. The van der Waals surface area contributed by atoms with E-state index in [0.717, 1.165) is 10.6 Å². The van der Waals surface area contributed by atoms with E-state index in [9.17, 15) is 0 Å². The molecule has 0 aliphatic carbocycles. The quantitative estimate of drug-likeness (QED) is 0.534. The van der Waals surface area contributed by atoms with E-state index in [1.54, 1.807) is 17.8 Å². The lowest BCUT2D eigenvalue weighted by Crippen LogP contribution is -1.93. The number of benzene rings is 1. The SMILES string of the molecule is C=CCOc1ccccc1SC=CC. The van der Waals surface area contributed by atoms with Gasteiger partial charge in [0.25, 0.3) is 0 Å². The molecule has 0 aromatic heterocycles. The Morgan fingerprint density at radius 2 is 2.21 bits per heavy atom. The van der Waals surface area contributed by atoms with Gasteiger partial charge in [-0.2, -0.15) is 0 Å². The van der Waals surface area contributed by atoms with Crippen molar-refractivity contribution in [3.8, 4) is 5.75 Å². The molecule has 0 atom stereocenters. The highest BCUT2D eigenvalue weighted by molar-refractivity contribution is 8.02. The molecular weight excluding hydrogens is 192 g/mol. The van der Waals surface area contributed by atoms with Gasteiger partial charge in [-0.3, -0.25) is 0 Å². The maximum Gasteiger partial charge on any atom is 0.133 e. The molecule has 1 aromatic rings. The Bertz CT molecular complexity index is 318. The summed E-state index contributed by atoms with van der Waals surface area (Å²) >= 11 is 1.66. The Balaban J connectivity index is 2.74. The maximum absolute atomic E-state index is 5.51. The summed E-state index contributed by atoms with van der Waals surface area (Å²) in [5.74, 6) is 0.913. The van der Waals surface area contributed by atoms with E-state index in [2.05, 4.69) is 6.58 Å². The van der Waals surface area contributed by atoms with Gasteiger partial charge in [-0.05, 0) is 24.5 Å². The van der Waals surface area contributed by atoms with E-state index in [-0.39, 0.29) is 0 Å². The molecule has 0 aliphatic heterocycles. The minimum absolute atomic E-state index is 0.549. The number of rotatable bonds is 5. The van der Waals surface area contributed by atoms with Crippen molar-refractivity contribution >= 4 is 11.8 Å². The summed E-state index contributed by atoms with van der Waals surface area (Å²) in [6.07, 6.45) is 3.76. The molecule has 0 saturated carbocycles. The summed E-state index contributed by atoms with van der Waals surface area (Å²) < 4.78 is 5.51. The third-order valence-electron chi connectivity index (χ3n) is 1.54. The van der Waals surface area contributed by atoms with Crippen LogP contribution in [-0.2, 0) is 0 Å². The Kier molecular flexibility index (Phi) is 4.94. The second kappa shape index (κ2) is 6.33. The molecule has 2 heteroatoms. The number of hydrogen-bond donors (Lipinski definition) is 0. The molecule has 0 saturated heterocycles. The lowest BCUT2D eigenvalue weighted by atomic mass is 10.3. The van der Waals surface area contributed by atoms with Gasteiger partial charge in [0.1, 0.15) is 12.4 Å². The summed E-state index contributed by atoms with van der Waals surface area (Å²) in [4.78, 5) is 1.13. The van der Waals surface area contributed by atoms with Crippen molar-refractivity contribution in [3.05, 3.63) is 48.4 Å². The molecule has 0 amide bonds. The zero-order chi connectivity index (χ0) is 10.2. The normalized spacial score (nSPS) is 10.4. The topological polar surface area (TPSA) is 9.23 Å². The minimum atomic E-state index is 0.549. The Morgan fingerprint density at radius 3 is 2.93 bits per heavy atom. The van der Waals surface area contributed by atoms with Crippen LogP contribution in [0.1, 0.15) is 6.92 Å². The average molecular weight is 206 g/mol. The van der Waals surface area contributed by atoms with Gasteiger partial charge in [0.05, 0.1) is 4.90 Å². The molecule has 0 N–H and O–H groups in total. The first kappa shape index (κ1) is 10.9. The van der Waals surface area contributed by atoms with Crippen LogP contribution < -0.4 is 4.74 Å². The van der Waals surface area contributed by atoms with Crippen molar-refractivity contribution in [1.29, 1.82) is 0 Å². The van der Waals surface area contributed by atoms with Gasteiger partial charge < -0.3 is 4.74 Å². The molecule has 0 unspecified atom stereocenters. The van der Waals surface area contributed by atoms with Crippen molar-refractivity contribution in [2.45, 2.75) is 11.8 Å². The van der Waals surface area contributed by atoms with Crippen LogP contribution in [0, 0.1) is 0 Å². The molecule has 74 valence electrons. The van der Waals surface area contributed by atoms with Gasteiger partial charge in [0, 0.05) is 0 Å². The summed E-state index contributed by atoms with van der Waals surface area (Å²) in [5.41, 5.74) is 0.